The van der Waals surface area contributed by atoms with Crippen molar-refractivity contribution in [2.45, 2.75) is 98.3 Å². The first kappa shape index (κ1) is 23.4. The molecule has 0 rings (SSSR count). The van der Waals surface area contributed by atoms with Gasteiger partial charge in [-0.15, -0.1) is 6.58 Å². The van der Waals surface area contributed by atoms with Crippen molar-refractivity contribution >= 4 is 0 Å². The molecule has 0 fully saturated rings. The summed E-state index contributed by atoms with van der Waals surface area (Å²) in [5.74, 6) is 1.30. The third-order valence-electron chi connectivity index (χ3n) is 4.81. The highest BCUT2D eigenvalue weighted by molar-refractivity contribution is 4.92. The van der Waals surface area contributed by atoms with Gasteiger partial charge in [-0.05, 0) is 51.4 Å². The fourth-order valence-corrected chi connectivity index (χ4v) is 2.95. The van der Waals surface area contributed by atoms with Crippen molar-refractivity contribution in [3.05, 3.63) is 24.3 Å². The first-order chi connectivity index (χ1) is 11.6. The normalized spacial score (nSPS) is 13.5. The fourth-order valence-electron chi connectivity index (χ4n) is 2.95. The lowest BCUT2D eigenvalue weighted by Crippen LogP contribution is -2.10. The lowest BCUT2D eigenvalue weighted by Gasteiger charge is -2.15. The van der Waals surface area contributed by atoms with Crippen LogP contribution in [0.25, 0.3) is 0 Å². The van der Waals surface area contributed by atoms with Crippen molar-refractivity contribution in [3.8, 4) is 0 Å². The minimum atomic E-state index is 0.543. The average Bonchev–Trinajstić information content (AvgIpc) is 2.55. The summed E-state index contributed by atoms with van der Waals surface area (Å²) in [6.45, 7) is 14.7. The van der Waals surface area contributed by atoms with Crippen LogP contribution in [-0.2, 0) is 4.74 Å². The molecule has 0 amide bonds. The molecule has 0 saturated heterocycles. The molecule has 0 aliphatic heterocycles. The lowest BCUT2D eigenvalue weighted by atomic mass is 10.0. The molecule has 0 saturated carbocycles. The number of hydrogen-bond acceptors (Lipinski definition) is 1. The summed E-state index contributed by atoms with van der Waals surface area (Å²) < 4.78 is 5.91. The van der Waals surface area contributed by atoms with Gasteiger partial charge in [0.05, 0.1) is 6.61 Å². The molecule has 2 unspecified atom stereocenters. The largest absolute Gasteiger partial charge is 0.381 e. The number of unbranched alkanes of at least 4 members (excludes halogenated alkanes) is 6. The van der Waals surface area contributed by atoms with Gasteiger partial charge in [-0.1, -0.05) is 76.5 Å². The maximum absolute atomic E-state index is 5.91. The van der Waals surface area contributed by atoms with Gasteiger partial charge in [0, 0.05) is 6.61 Å². The summed E-state index contributed by atoms with van der Waals surface area (Å²) in [6.07, 6.45) is 19.0. The first-order valence-corrected chi connectivity index (χ1v) is 10.4. The van der Waals surface area contributed by atoms with Crippen molar-refractivity contribution in [3.63, 3.8) is 0 Å². The fraction of sp³-hybridized carbons (Fsp3) is 0.826. The van der Waals surface area contributed by atoms with Crippen molar-refractivity contribution in [2.24, 2.45) is 11.8 Å². The maximum Gasteiger partial charge on any atom is 0.0528 e. The molecule has 0 heterocycles. The number of rotatable bonds is 17. The highest BCUT2D eigenvalue weighted by atomic mass is 16.5. The molecule has 0 aliphatic carbocycles. The molecule has 0 N–H and O–H groups in total. The van der Waals surface area contributed by atoms with Crippen LogP contribution in [0, 0.1) is 11.8 Å². The van der Waals surface area contributed by atoms with Crippen LogP contribution in [0.3, 0.4) is 0 Å². The second-order valence-corrected chi connectivity index (χ2v) is 7.73. The van der Waals surface area contributed by atoms with Gasteiger partial charge in [0.25, 0.3) is 0 Å². The topological polar surface area (TPSA) is 9.23 Å². The highest BCUT2D eigenvalue weighted by Crippen LogP contribution is 2.15. The summed E-state index contributed by atoms with van der Waals surface area (Å²) in [5.41, 5.74) is 1.43. The molecular formula is C23H44O. The van der Waals surface area contributed by atoms with E-state index in [0.29, 0.717) is 5.92 Å². The van der Waals surface area contributed by atoms with Gasteiger partial charge < -0.3 is 4.74 Å². The number of allylic oxidation sites excluding steroid dienone is 2. The van der Waals surface area contributed by atoms with Gasteiger partial charge in [0.2, 0.25) is 0 Å². The highest BCUT2D eigenvalue weighted by Gasteiger charge is 2.06. The molecule has 0 aliphatic rings. The van der Waals surface area contributed by atoms with Gasteiger partial charge in [-0.25, -0.2) is 0 Å². The zero-order chi connectivity index (χ0) is 18.0. The van der Waals surface area contributed by atoms with Crippen LogP contribution in [-0.4, -0.2) is 13.2 Å². The summed E-state index contributed by atoms with van der Waals surface area (Å²) in [5, 5.41) is 0. The van der Waals surface area contributed by atoms with E-state index in [1.54, 1.807) is 0 Å². The van der Waals surface area contributed by atoms with Crippen molar-refractivity contribution in [2.75, 3.05) is 13.2 Å². The third kappa shape index (κ3) is 16.3. The molecule has 24 heavy (non-hydrogen) atoms. The predicted octanol–water partition coefficient (Wildman–Crippen LogP) is 7.72. The Labute approximate surface area is 153 Å². The molecule has 0 spiro atoms. The molecular weight excluding hydrogens is 292 g/mol. The molecule has 0 aromatic rings. The van der Waals surface area contributed by atoms with Gasteiger partial charge in [0.1, 0.15) is 0 Å². The Bertz CT molecular complexity index is 301. The van der Waals surface area contributed by atoms with Gasteiger partial charge in [0.15, 0.2) is 0 Å². The summed E-state index contributed by atoms with van der Waals surface area (Å²) in [4.78, 5) is 0. The molecule has 0 bridgehead atoms. The van der Waals surface area contributed by atoms with Crippen LogP contribution >= 0.6 is 0 Å². The average molecular weight is 337 g/mol. The van der Waals surface area contributed by atoms with Crippen LogP contribution in [0.15, 0.2) is 24.3 Å². The number of ether oxygens (including phenoxy) is 1. The van der Waals surface area contributed by atoms with Crippen LogP contribution < -0.4 is 0 Å². The molecule has 1 nitrogen and oxygen atoms in total. The lowest BCUT2D eigenvalue weighted by molar-refractivity contribution is 0.0981. The van der Waals surface area contributed by atoms with E-state index in [2.05, 4.69) is 46.4 Å². The van der Waals surface area contributed by atoms with Gasteiger partial charge >= 0.3 is 0 Å². The van der Waals surface area contributed by atoms with E-state index in [0.717, 1.165) is 19.1 Å². The Balaban J connectivity index is 3.54. The Kier molecular flexibility index (Phi) is 16.9. The third-order valence-corrected chi connectivity index (χ3v) is 4.81. The maximum atomic E-state index is 5.91. The van der Waals surface area contributed by atoms with Crippen molar-refractivity contribution in [1.82, 2.24) is 0 Å². The van der Waals surface area contributed by atoms with Crippen molar-refractivity contribution < 1.29 is 4.74 Å². The molecule has 0 aromatic heterocycles. The summed E-state index contributed by atoms with van der Waals surface area (Å²) in [7, 11) is 0. The smallest absolute Gasteiger partial charge is 0.0528 e. The molecule has 0 radical (unpaired) electrons. The monoisotopic (exact) mass is 336 g/mol. The Morgan fingerprint density at radius 2 is 1.62 bits per heavy atom. The van der Waals surface area contributed by atoms with Crippen LogP contribution in [0.5, 0.6) is 0 Å². The molecule has 0 aromatic carbocycles. The SMILES string of the molecule is C=CC(CCCCCCCCC)COCCC(C)CCC=C(C)C. The van der Waals surface area contributed by atoms with E-state index in [1.165, 1.54) is 76.2 Å². The summed E-state index contributed by atoms with van der Waals surface area (Å²) in [6, 6.07) is 0. The minimum Gasteiger partial charge on any atom is -0.381 e. The van der Waals surface area contributed by atoms with Gasteiger partial charge in [-0.2, -0.15) is 0 Å². The van der Waals surface area contributed by atoms with E-state index in [-0.39, 0.29) is 0 Å². The van der Waals surface area contributed by atoms with E-state index in [1.807, 2.05) is 0 Å². The first-order valence-electron chi connectivity index (χ1n) is 10.4. The Morgan fingerprint density at radius 3 is 2.25 bits per heavy atom. The van der Waals surface area contributed by atoms with Gasteiger partial charge in [-0.3, -0.25) is 0 Å². The van der Waals surface area contributed by atoms with E-state index in [9.17, 15) is 0 Å². The van der Waals surface area contributed by atoms with E-state index >= 15 is 0 Å². The molecule has 1 heteroatoms. The zero-order valence-corrected chi connectivity index (χ0v) is 17.1. The second-order valence-electron chi connectivity index (χ2n) is 7.73. The minimum absolute atomic E-state index is 0.543. The van der Waals surface area contributed by atoms with Crippen molar-refractivity contribution in [1.29, 1.82) is 0 Å². The summed E-state index contributed by atoms with van der Waals surface area (Å²) >= 11 is 0. The zero-order valence-electron chi connectivity index (χ0n) is 17.1. The molecule has 2 atom stereocenters. The van der Waals surface area contributed by atoms with Crippen LogP contribution in [0.4, 0.5) is 0 Å². The Hall–Kier alpha value is -0.560. The Morgan fingerprint density at radius 1 is 0.958 bits per heavy atom. The van der Waals surface area contributed by atoms with Crippen LogP contribution in [0.2, 0.25) is 0 Å². The molecule has 142 valence electrons. The second kappa shape index (κ2) is 17.3. The van der Waals surface area contributed by atoms with E-state index < -0.39 is 0 Å². The quantitative estimate of drug-likeness (QED) is 0.195. The standard InChI is InChI=1S/C23H44O/c1-6-8-9-10-11-12-13-17-23(7-2)20-24-19-18-22(5)16-14-15-21(3)4/h7,15,22-23H,2,6,8-14,16-20H2,1,3-5H3. The predicted molar refractivity (Wildman–Crippen MR) is 110 cm³/mol. The number of hydrogen-bond donors (Lipinski definition) is 0. The van der Waals surface area contributed by atoms with Crippen LogP contribution in [0.1, 0.15) is 98.3 Å². The van der Waals surface area contributed by atoms with E-state index in [4.69, 9.17) is 4.74 Å².